The molecule has 1 nitrogen and oxygen atoms in total. The molecule has 1 aromatic heterocycles. The Kier molecular flexibility index (Phi) is 4.29. The predicted octanol–water partition coefficient (Wildman–Crippen LogP) is 4.77. The topological polar surface area (TPSA) is 13.1 Å². The lowest BCUT2D eigenvalue weighted by atomic mass is 10.1. The van der Waals surface area contributed by atoms with E-state index in [1.165, 1.54) is 24.6 Å². The average Bonchev–Trinajstić information content (AvgIpc) is 2.71. The van der Waals surface area contributed by atoms with Gasteiger partial charge >= 0.3 is 0 Å². The fourth-order valence-electron chi connectivity index (χ4n) is 1.91. The summed E-state index contributed by atoms with van der Waals surface area (Å²) < 4.78 is 5.75. The Labute approximate surface area is 101 Å². The molecule has 0 saturated carbocycles. The maximum absolute atomic E-state index is 5.75. The number of benzene rings is 1. The molecule has 0 N–H and O–H groups in total. The van der Waals surface area contributed by atoms with Gasteiger partial charge < -0.3 is 4.42 Å². The van der Waals surface area contributed by atoms with E-state index >= 15 is 0 Å². The third kappa shape index (κ3) is 3.02. The fourth-order valence-corrected chi connectivity index (χ4v) is 2.10. The lowest BCUT2D eigenvalue weighted by molar-refractivity contribution is 0.527. The van der Waals surface area contributed by atoms with E-state index in [4.69, 9.17) is 16.0 Å². The number of hydrogen-bond acceptors (Lipinski definition) is 1. The Morgan fingerprint density at radius 2 is 1.81 bits per heavy atom. The standard InChI is InChI=1S/C14H17ClO/c15-10-6-2-1-3-8-13-11-12-7-4-5-9-14(12)16-13/h4-5,7,9,11H,1-3,6,8,10H2. The van der Waals surface area contributed by atoms with Crippen LogP contribution in [0.15, 0.2) is 34.7 Å². The first kappa shape index (κ1) is 11.5. The van der Waals surface area contributed by atoms with Crippen molar-refractivity contribution >= 4 is 22.6 Å². The number of halogens is 1. The molecule has 2 rings (SSSR count). The summed E-state index contributed by atoms with van der Waals surface area (Å²) in [4.78, 5) is 0. The minimum atomic E-state index is 0.782. The molecule has 0 amide bonds. The van der Waals surface area contributed by atoms with E-state index in [9.17, 15) is 0 Å². The molecule has 0 atom stereocenters. The number of fused-ring (bicyclic) bond motifs is 1. The molecule has 0 radical (unpaired) electrons. The summed E-state index contributed by atoms with van der Waals surface area (Å²) in [6.07, 6.45) is 5.82. The van der Waals surface area contributed by atoms with Crippen LogP contribution in [0.25, 0.3) is 11.0 Å². The van der Waals surface area contributed by atoms with Crippen LogP contribution in [0.2, 0.25) is 0 Å². The highest BCUT2D eigenvalue weighted by Gasteiger charge is 2.02. The van der Waals surface area contributed by atoms with E-state index in [1.54, 1.807) is 0 Å². The Morgan fingerprint density at radius 3 is 2.62 bits per heavy atom. The van der Waals surface area contributed by atoms with Crippen LogP contribution in [0.3, 0.4) is 0 Å². The lowest BCUT2D eigenvalue weighted by Crippen LogP contribution is -1.83. The van der Waals surface area contributed by atoms with Gasteiger partial charge in [0.1, 0.15) is 11.3 Å². The van der Waals surface area contributed by atoms with Crippen molar-refractivity contribution in [2.24, 2.45) is 0 Å². The molecule has 2 aromatic rings. The third-order valence-electron chi connectivity index (χ3n) is 2.78. The molecule has 16 heavy (non-hydrogen) atoms. The van der Waals surface area contributed by atoms with Crippen molar-refractivity contribution in [2.75, 3.05) is 5.88 Å². The van der Waals surface area contributed by atoms with E-state index < -0.39 is 0 Å². The van der Waals surface area contributed by atoms with Gasteiger partial charge in [-0.2, -0.15) is 0 Å². The lowest BCUT2D eigenvalue weighted by Gasteiger charge is -1.96. The number of alkyl halides is 1. The highest BCUT2D eigenvalue weighted by Crippen LogP contribution is 2.20. The van der Waals surface area contributed by atoms with Gasteiger partial charge in [0.2, 0.25) is 0 Å². The summed E-state index contributed by atoms with van der Waals surface area (Å²) in [5, 5.41) is 1.21. The zero-order valence-electron chi connectivity index (χ0n) is 9.42. The molecular weight excluding hydrogens is 220 g/mol. The van der Waals surface area contributed by atoms with Gasteiger partial charge in [0.15, 0.2) is 0 Å². The molecule has 0 aliphatic carbocycles. The summed E-state index contributed by atoms with van der Waals surface area (Å²) in [6, 6.07) is 10.3. The van der Waals surface area contributed by atoms with E-state index in [-0.39, 0.29) is 0 Å². The maximum atomic E-state index is 5.75. The second-order valence-electron chi connectivity index (χ2n) is 4.10. The summed E-state index contributed by atoms with van der Waals surface area (Å²) in [5.41, 5.74) is 0.998. The van der Waals surface area contributed by atoms with Crippen LogP contribution in [0.5, 0.6) is 0 Å². The molecule has 2 heteroatoms. The first-order valence-electron chi connectivity index (χ1n) is 5.93. The van der Waals surface area contributed by atoms with Crippen LogP contribution in [0, 0.1) is 0 Å². The third-order valence-corrected chi connectivity index (χ3v) is 3.05. The van der Waals surface area contributed by atoms with Crippen LogP contribution < -0.4 is 0 Å². The molecule has 0 aliphatic heterocycles. The highest BCUT2D eigenvalue weighted by molar-refractivity contribution is 6.17. The van der Waals surface area contributed by atoms with Gasteiger partial charge in [0, 0.05) is 17.7 Å². The SMILES string of the molecule is ClCCCCCCc1cc2ccccc2o1. The van der Waals surface area contributed by atoms with Crippen molar-refractivity contribution < 1.29 is 4.42 Å². The van der Waals surface area contributed by atoms with Crippen molar-refractivity contribution in [1.82, 2.24) is 0 Å². The number of para-hydroxylation sites is 1. The molecule has 0 fully saturated rings. The first-order valence-corrected chi connectivity index (χ1v) is 6.47. The van der Waals surface area contributed by atoms with Crippen molar-refractivity contribution in [1.29, 1.82) is 0 Å². The van der Waals surface area contributed by atoms with Crippen LogP contribution in [0.1, 0.15) is 31.4 Å². The maximum Gasteiger partial charge on any atom is 0.134 e. The second-order valence-corrected chi connectivity index (χ2v) is 4.48. The molecule has 1 heterocycles. The van der Waals surface area contributed by atoms with Gasteiger partial charge in [-0.15, -0.1) is 11.6 Å². The Morgan fingerprint density at radius 1 is 1.00 bits per heavy atom. The van der Waals surface area contributed by atoms with Crippen molar-refractivity contribution in [3.8, 4) is 0 Å². The minimum Gasteiger partial charge on any atom is -0.461 e. The van der Waals surface area contributed by atoms with Crippen LogP contribution in [0.4, 0.5) is 0 Å². The number of unbranched alkanes of at least 4 members (excludes halogenated alkanes) is 3. The van der Waals surface area contributed by atoms with Gasteiger partial charge in [-0.25, -0.2) is 0 Å². The van der Waals surface area contributed by atoms with Gasteiger partial charge in [0.05, 0.1) is 0 Å². The van der Waals surface area contributed by atoms with Gasteiger partial charge in [-0.3, -0.25) is 0 Å². The summed E-state index contributed by atoms with van der Waals surface area (Å²) >= 11 is 5.63. The normalized spacial score (nSPS) is 11.1. The smallest absolute Gasteiger partial charge is 0.134 e. The summed E-state index contributed by atoms with van der Waals surface area (Å²) in [7, 11) is 0. The first-order chi connectivity index (χ1) is 7.90. The molecule has 0 aliphatic rings. The van der Waals surface area contributed by atoms with E-state index in [1.807, 2.05) is 18.2 Å². The largest absolute Gasteiger partial charge is 0.461 e. The quantitative estimate of drug-likeness (QED) is 0.520. The van der Waals surface area contributed by atoms with E-state index in [2.05, 4.69) is 12.1 Å². The van der Waals surface area contributed by atoms with Crippen molar-refractivity contribution in [3.05, 3.63) is 36.1 Å². The molecule has 0 unspecified atom stereocenters. The minimum absolute atomic E-state index is 0.782. The number of furan rings is 1. The van der Waals surface area contributed by atoms with Gasteiger partial charge in [-0.05, 0) is 25.0 Å². The Balaban J connectivity index is 1.85. The number of aryl methyl sites for hydroxylation is 1. The van der Waals surface area contributed by atoms with E-state index in [0.717, 1.165) is 30.1 Å². The molecule has 86 valence electrons. The second kappa shape index (κ2) is 5.95. The van der Waals surface area contributed by atoms with E-state index in [0.29, 0.717) is 0 Å². The van der Waals surface area contributed by atoms with Gasteiger partial charge in [0.25, 0.3) is 0 Å². The summed E-state index contributed by atoms with van der Waals surface area (Å²) in [6.45, 7) is 0. The molecule has 1 aromatic carbocycles. The van der Waals surface area contributed by atoms with Gasteiger partial charge in [-0.1, -0.05) is 31.0 Å². The number of hydrogen-bond donors (Lipinski definition) is 0. The van der Waals surface area contributed by atoms with Crippen molar-refractivity contribution in [3.63, 3.8) is 0 Å². The summed E-state index contributed by atoms with van der Waals surface area (Å²) in [5.74, 6) is 1.89. The Bertz CT molecular complexity index is 400. The monoisotopic (exact) mass is 236 g/mol. The van der Waals surface area contributed by atoms with Crippen LogP contribution in [-0.4, -0.2) is 5.88 Å². The highest BCUT2D eigenvalue weighted by atomic mass is 35.5. The zero-order chi connectivity index (χ0) is 11.2. The average molecular weight is 237 g/mol. The molecular formula is C14H17ClO. The zero-order valence-corrected chi connectivity index (χ0v) is 10.2. The Hall–Kier alpha value is -0.950. The molecule has 0 spiro atoms. The van der Waals surface area contributed by atoms with Crippen LogP contribution >= 0.6 is 11.6 Å². The fraction of sp³-hybridized carbons (Fsp3) is 0.429. The van der Waals surface area contributed by atoms with Crippen LogP contribution in [-0.2, 0) is 6.42 Å². The number of rotatable bonds is 6. The molecule has 0 saturated heterocycles. The van der Waals surface area contributed by atoms with Crippen molar-refractivity contribution in [2.45, 2.75) is 32.1 Å². The molecule has 0 bridgehead atoms. The predicted molar refractivity (Wildman–Crippen MR) is 69.1 cm³/mol.